The number of anilines is 1. The van der Waals surface area contributed by atoms with Gasteiger partial charge in [-0.1, -0.05) is 11.6 Å². The molecule has 0 fully saturated rings. The van der Waals surface area contributed by atoms with Gasteiger partial charge in [-0.15, -0.1) is 0 Å². The Morgan fingerprint density at radius 2 is 2.00 bits per heavy atom. The minimum absolute atomic E-state index is 0.0191. The lowest BCUT2D eigenvalue weighted by Gasteiger charge is -2.20. The molecule has 1 aromatic heterocycles. The molecule has 110 valence electrons. The molecular weight excluding hydrogens is 282 g/mol. The Morgan fingerprint density at radius 3 is 2.55 bits per heavy atom. The van der Waals surface area contributed by atoms with Crippen LogP contribution in [0.25, 0.3) is 0 Å². The van der Waals surface area contributed by atoms with Crippen LogP contribution in [0.4, 0.5) is 5.82 Å². The van der Waals surface area contributed by atoms with Crippen molar-refractivity contribution < 1.29 is 14.7 Å². The van der Waals surface area contributed by atoms with Crippen LogP contribution in [0.1, 0.15) is 37.6 Å². The van der Waals surface area contributed by atoms with Crippen molar-refractivity contribution in [3.05, 3.63) is 22.8 Å². The Morgan fingerprint density at radius 1 is 1.35 bits per heavy atom. The zero-order valence-corrected chi connectivity index (χ0v) is 12.4. The number of pyridine rings is 1. The number of nitrogens with one attached hydrogen (secondary N) is 2. The highest BCUT2D eigenvalue weighted by molar-refractivity contribution is 6.29. The van der Waals surface area contributed by atoms with Crippen LogP contribution in [0.15, 0.2) is 12.1 Å². The molecule has 20 heavy (non-hydrogen) atoms. The number of hydrogen-bond acceptors (Lipinski definition) is 4. The van der Waals surface area contributed by atoms with Gasteiger partial charge in [0, 0.05) is 18.5 Å². The number of hydrogen-bond donors (Lipinski definition) is 3. The van der Waals surface area contributed by atoms with Crippen LogP contribution in [0.2, 0.25) is 5.15 Å². The number of carboxylic acid groups (broad SMARTS) is 1. The zero-order valence-electron chi connectivity index (χ0n) is 11.7. The standard InChI is InChI=1S/C13H18ClN3O3/c1-13(2,3)17-10(18)6-7-15-11-8(12(19)20)4-5-9(14)16-11/h4-5H,6-7H2,1-3H3,(H,15,16)(H,17,18)(H,19,20). The van der Waals surface area contributed by atoms with Gasteiger partial charge in [0.05, 0.1) is 0 Å². The number of rotatable bonds is 5. The number of carbonyl (C=O) groups excluding carboxylic acids is 1. The predicted molar refractivity (Wildman–Crippen MR) is 77.2 cm³/mol. The topological polar surface area (TPSA) is 91.3 Å². The smallest absolute Gasteiger partial charge is 0.339 e. The van der Waals surface area contributed by atoms with Gasteiger partial charge < -0.3 is 15.7 Å². The summed E-state index contributed by atoms with van der Waals surface area (Å²) in [7, 11) is 0. The Hall–Kier alpha value is -1.82. The SMILES string of the molecule is CC(C)(C)NC(=O)CCNc1nc(Cl)ccc1C(=O)O. The number of carbonyl (C=O) groups is 2. The second-order valence-electron chi connectivity index (χ2n) is 5.31. The minimum Gasteiger partial charge on any atom is -0.478 e. The monoisotopic (exact) mass is 299 g/mol. The van der Waals surface area contributed by atoms with Crippen LogP contribution in [-0.4, -0.2) is 34.1 Å². The van der Waals surface area contributed by atoms with Gasteiger partial charge in [-0.2, -0.15) is 0 Å². The summed E-state index contributed by atoms with van der Waals surface area (Å²) in [6.07, 6.45) is 0.213. The number of halogens is 1. The second kappa shape index (κ2) is 6.56. The van der Waals surface area contributed by atoms with Crippen LogP contribution in [0.3, 0.4) is 0 Å². The minimum atomic E-state index is -1.10. The fourth-order valence-corrected chi connectivity index (χ4v) is 1.67. The van der Waals surface area contributed by atoms with Crippen LogP contribution < -0.4 is 10.6 Å². The highest BCUT2D eigenvalue weighted by Gasteiger charge is 2.15. The largest absolute Gasteiger partial charge is 0.478 e. The third-order valence-corrected chi connectivity index (χ3v) is 2.46. The van der Waals surface area contributed by atoms with Crippen molar-refractivity contribution in [3.63, 3.8) is 0 Å². The lowest BCUT2D eigenvalue weighted by Crippen LogP contribution is -2.41. The van der Waals surface area contributed by atoms with Crippen molar-refractivity contribution >= 4 is 29.3 Å². The first-order valence-corrected chi connectivity index (χ1v) is 6.51. The van der Waals surface area contributed by atoms with Gasteiger partial charge in [-0.05, 0) is 32.9 Å². The van der Waals surface area contributed by atoms with E-state index in [1.54, 1.807) is 0 Å². The lowest BCUT2D eigenvalue weighted by atomic mass is 10.1. The fraction of sp³-hybridized carbons (Fsp3) is 0.462. The van der Waals surface area contributed by atoms with Gasteiger partial charge in [-0.25, -0.2) is 9.78 Å². The highest BCUT2D eigenvalue weighted by atomic mass is 35.5. The van der Waals surface area contributed by atoms with Crippen molar-refractivity contribution in [1.29, 1.82) is 0 Å². The van der Waals surface area contributed by atoms with Gasteiger partial charge in [0.2, 0.25) is 5.91 Å². The molecule has 3 N–H and O–H groups in total. The summed E-state index contributed by atoms with van der Waals surface area (Å²) in [6.45, 7) is 5.94. The van der Waals surface area contributed by atoms with Crippen LogP contribution >= 0.6 is 11.6 Å². The zero-order chi connectivity index (χ0) is 15.3. The molecule has 0 aliphatic carbocycles. The lowest BCUT2D eigenvalue weighted by molar-refractivity contribution is -0.122. The number of aromatic nitrogens is 1. The molecule has 0 saturated carbocycles. The third-order valence-electron chi connectivity index (χ3n) is 2.25. The summed E-state index contributed by atoms with van der Waals surface area (Å²) >= 11 is 5.73. The molecule has 0 atom stereocenters. The maximum Gasteiger partial charge on any atom is 0.339 e. The van der Waals surface area contributed by atoms with Crippen molar-refractivity contribution in [3.8, 4) is 0 Å². The number of amides is 1. The average molecular weight is 300 g/mol. The van der Waals surface area contributed by atoms with Gasteiger partial charge in [0.15, 0.2) is 0 Å². The molecule has 0 unspecified atom stereocenters. The molecular formula is C13H18ClN3O3. The molecule has 0 radical (unpaired) electrons. The summed E-state index contributed by atoms with van der Waals surface area (Å²) in [5, 5.41) is 14.8. The Balaban J connectivity index is 2.60. The number of aromatic carboxylic acids is 1. The molecule has 0 aliphatic heterocycles. The molecule has 6 nitrogen and oxygen atoms in total. The molecule has 1 amide bonds. The van der Waals surface area contributed by atoms with E-state index < -0.39 is 5.97 Å². The molecule has 0 spiro atoms. The highest BCUT2D eigenvalue weighted by Crippen LogP contribution is 2.16. The van der Waals surface area contributed by atoms with Crippen LogP contribution in [0, 0.1) is 0 Å². The summed E-state index contributed by atoms with van der Waals surface area (Å²) in [4.78, 5) is 26.5. The van der Waals surface area contributed by atoms with Gasteiger partial charge in [0.25, 0.3) is 0 Å². The summed E-state index contributed by atoms with van der Waals surface area (Å²) in [6, 6.07) is 2.78. The van der Waals surface area contributed by atoms with Crippen molar-refractivity contribution in [2.24, 2.45) is 0 Å². The molecule has 1 heterocycles. The number of carboxylic acids is 1. The number of nitrogens with zero attached hydrogens (tertiary/aromatic N) is 1. The van der Waals surface area contributed by atoms with Gasteiger partial charge in [-0.3, -0.25) is 4.79 Å². The van der Waals surface area contributed by atoms with Crippen LogP contribution in [0.5, 0.6) is 0 Å². The molecule has 0 bridgehead atoms. The quantitative estimate of drug-likeness (QED) is 0.725. The van der Waals surface area contributed by atoms with E-state index in [2.05, 4.69) is 15.6 Å². The van der Waals surface area contributed by atoms with Crippen LogP contribution in [-0.2, 0) is 4.79 Å². The van der Waals surface area contributed by atoms with E-state index in [9.17, 15) is 9.59 Å². The summed E-state index contributed by atoms with van der Waals surface area (Å²) in [5.41, 5.74) is -0.275. The third kappa shape index (κ3) is 5.44. The first-order chi connectivity index (χ1) is 9.19. The van der Waals surface area contributed by atoms with E-state index in [1.165, 1.54) is 12.1 Å². The average Bonchev–Trinajstić information content (AvgIpc) is 2.26. The summed E-state index contributed by atoms with van der Waals surface area (Å²) < 4.78 is 0. The maximum absolute atomic E-state index is 11.6. The van der Waals surface area contributed by atoms with Crippen molar-refractivity contribution in [2.75, 3.05) is 11.9 Å². The van der Waals surface area contributed by atoms with Crippen molar-refractivity contribution in [1.82, 2.24) is 10.3 Å². The van der Waals surface area contributed by atoms with E-state index >= 15 is 0 Å². The van der Waals surface area contributed by atoms with Gasteiger partial charge in [0.1, 0.15) is 16.5 Å². The molecule has 1 rings (SSSR count). The van der Waals surface area contributed by atoms with Gasteiger partial charge >= 0.3 is 5.97 Å². The Labute approximate surface area is 122 Å². The first kappa shape index (κ1) is 16.2. The molecule has 0 saturated heterocycles. The molecule has 7 heteroatoms. The Kier molecular flexibility index (Phi) is 5.33. The normalized spacial score (nSPS) is 11.0. The fourth-order valence-electron chi connectivity index (χ4n) is 1.52. The Bertz CT molecular complexity index is 512. The second-order valence-corrected chi connectivity index (χ2v) is 5.70. The first-order valence-electron chi connectivity index (χ1n) is 6.14. The molecule has 0 aliphatic rings. The van der Waals surface area contributed by atoms with E-state index in [-0.39, 0.29) is 40.9 Å². The van der Waals surface area contributed by atoms with Crippen molar-refractivity contribution in [2.45, 2.75) is 32.7 Å². The summed E-state index contributed by atoms with van der Waals surface area (Å²) in [5.74, 6) is -1.06. The van der Waals surface area contributed by atoms with E-state index in [0.29, 0.717) is 0 Å². The van der Waals surface area contributed by atoms with E-state index in [4.69, 9.17) is 16.7 Å². The predicted octanol–water partition coefficient (Wildman–Crippen LogP) is 2.15. The maximum atomic E-state index is 11.6. The van der Waals surface area contributed by atoms with E-state index in [1.807, 2.05) is 20.8 Å². The molecule has 1 aromatic rings. The van der Waals surface area contributed by atoms with E-state index in [0.717, 1.165) is 0 Å². The molecule has 0 aromatic carbocycles.